The van der Waals surface area contributed by atoms with Crippen molar-refractivity contribution in [3.05, 3.63) is 42.0 Å². The molecule has 2 atom stereocenters. The van der Waals surface area contributed by atoms with Crippen LogP contribution in [0.5, 0.6) is 0 Å². The first-order chi connectivity index (χ1) is 10.3. The Morgan fingerprint density at radius 1 is 1.05 bits per heavy atom. The molecule has 0 aliphatic heterocycles. The maximum Gasteiger partial charge on any atom is 0.307 e. The second kappa shape index (κ2) is 6.34. The Kier molecular flexibility index (Phi) is 4.69. The Bertz CT molecular complexity index is 581. The molecule has 0 heterocycles. The van der Waals surface area contributed by atoms with Crippen molar-refractivity contribution in [3.63, 3.8) is 0 Å². The van der Waals surface area contributed by atoms with Gasteiger partial charge in [-0.2, -0.15) is 0 Å². The molecular weight excluding hydrogens is 278 g/mol. The Labute approximate surface area is 131 Å². The molecule has 4 heteroatoms. The van der Waals surface area contributed by atoms with Crippen molar-refractivity contribution in [2.45, 2.75) is 39.0 Å². The van der Waals surface area contributed by atoms with Gasteiger partial charge in [-0.3, -0.25) is 9.59 Å². The van der Waals surface area contributed by atoms with Gasteiger partial charge in [0.25, 0.3) is 0 Å². The van der Waals surface area contributed by atoms with Crippen LogP contribution in [-0.4, -0.2) is 17.0 Å². The maximum absolute atomic E-state index is 12.4. The minimum absolute atomic E-state index is 0.0606. The summed E-state index contributed by atoms with van der Waals surface area (Å²) in [6.45, 7) is 6.39. The number of hydrogen-bond acceptors (Lipinski definition) is 2. The highest BCUT2D eigenvalue weighted by molar-refractivity contribution is 5.95. The summed E-state index contributed by atoms with van der Waals surface area (Å²) >= 11 is 0. The maximum atomic E-state index is 12.4. The van der Waals surface area contributed by atoms with Gasteiger partial charge in [-0.25, -0.2) is 0 Å². The van der Waals surface area contributed by atoms with Gasteiger partial charge in [0.1, 0.15) is 0 Å². The molecule has 0 aromatic heterocycles. The van der Waals surface area contributed by atoms with Crippen LogP contribution in [0.1, 0.15) is 39.2 Å². The third-order valence-corrected chi connectivity index (χ3v) is 4.10. The molecule has 1 aromatic carbocycles. The molecule has 0 spiro atoms. The monoisotopic (exact) mass is 301 g/mol. The van der Waals surface area contributed by atoms with Crippen LogP contribution in [0.15, 0.2) is 36.4 Å². The van der Waals surface area contributed by atoms with Crippen molar-refractivity contribution in [2.75, 3.05) is 5.32 Å². The summed E-state index contributed by atoms with van der Waals surface area (Å²) in [7, 11) is 0. The molecule has 1 amide bonds. The van der Waals surface area contributed by atoms with E-state index >= 15 is 0 Å². The van der Waals surface area contributed by atoms with Crippen LogP contribution in [0.25, 0.3) is 0 Å². The van der Waals surface area contributed by atoms with Gasteiger partial charge in [0.2, 0.25) is 5.91 Å². The van der Waals surface area contributed by atoms with Crippen LogP contribution in [0, 0.1) is 11.8 Å². The topological polar surface area (TPSA) is 66.4 Å². The predicted octanol–water partition coefficient (Wildman–Crippen LogP) is 3.59. The summed E-state index contributed by atoms with van der Waals surface area (Å²) in [5, 5.41) is 12.1. The van der Waals surface area contributed by atoms with E-state index in [-0.39, 0.29) is 11.3 Å². The van der Waals surface area contributed by atoms with Crippen molar-refractivity contribution in [2.24, 2.45) is 11.8 Å². The zero-order chi connectivity index (χ0) is 16.3. The lowest BCUT2D eigenvalue weighted by atomic mass is 9.82. The Morgan fingerprint density at radius 2 is 1.59 bits per heavy atom. The zero-order valence-electron chi connectivity index (χ0n) is 13.3. The third-order valence-electron chi connectivity index (χ3n) is 4.10. The summed E-state index contributed by atoms with van der Waals surface area (Å²) in [4.78, 5) is 23.6. The number of carboxylic acid groups (broad SMARTS) is 1. The number of hydrogen-bond donors (Lipinski definition) is 2. The van der Waals surface area contributed by atoms with Crippen molar-refractivity contribution in [3.8, 4) is 0 Å². The molecule has 1 aliphatic rings. The highest BCUT2D eigenvalue weighted by atomic mass is 16.4. The number of aliphatic carboxylic acids is 1. The quantitative estimate of drug-likeness (QED) is 0.838. The molecule has 0 bridgehead atoms. The molecule has 0 saturated carbocycles. The Morgan fingerprint density at radius 3 is 2.09 bits per heavy atom. The van der Waals surface area contributed by atoms with Gasteiger partial charge in [0.05, 0.1) is 11.8 Å². The van der Waals surface area contributed by atoms with Crippen molar-refractivity contribution < 1.29 is 14.7 Å². The SMILES string of the molecule is CC(C)(C)c1ccc(NC(=O)C2CC=CCC2C(=O)O)cc1. The van der Waals surface area contributed by atoms with Gasteiger partial charge in [-0.1, -0.05) is 45.1 Å². The minimum Gasteiger partial charge on any atom is -0.481 e. The first-order valence-electron chi connectivity index (χ1n) is 7.58. The Balaban J connectivity index is 2.08. The summed E-state index contributed by atoms with van der Waals surface area (Å²) in [5.41, 5.74) is 1.96. The van der Waals surface area contributed by atoms with E-state index in [0.29, 0.717) is 18.5 Å². The molecule has 1 aromatic rings. The lowest BCUT2D eigenvalue weighted by Crippen LogP contribution is -2.34. The zero-order valence-corrected chi connectivity index (χ0v) is 13.3. The molecule has 118 valence electrons. The van der Waals surface area contributed by atoms with Crippen LogP contribution < -0.4 is 5.32 Å². The lowest BCUT2D eigenvalue weighted by molar-refractivity contribution is -0.146. The second-order valence-corrected chi connectivity index (χ2v) is 6.81. The molecule has 22 heavy (non-hydrogen) atoms. The normalized spacial score (nSPS) is 21.4. The van der Waals surface area contributed by atoms with E-state index in [1.807, 2.05) is 36.4 Å². The molecule has 2 rings (SSSR count). The molecule has 4 nitrogen and oxygen atoms in total. The molecule has 2 unspecified atom stereocenters. The third kappa shape index (κ3) is 3.75. The molecule has 2 N–H and O–H groups in total. The van der Waals surface area contributed by atoms with Crippen molar-refractivity contribution in [1.82, 2.24) is 0 Å². The molecule has 0 fully saturated rings. The van der Waals surface area contributed by atoms with Gasteiger partial charge in [0, 0.05) is 5.69 Å². The average molecular weight is 301 g/mol. The number of nitrogens with one attached hydrogen (secondary N) is 1. The number of carboxylic acids is 1. The van der Waals surface area contributed by atoms with E-state index in [2.05, 4.69) is 26.1 Å². The number of carbonyl (C=O) groups excluding carboxylic acids is 1. The summed E-state index contributed by atoms with van der Waals surface area (Å²) < 4.78 is 0. The number of allylic oxidation sites excluding steroid dienone is 2. The first-order valence-corrected chi connectivity index (χ1v) is 7.58. The fourth-order valence-corrected chi connectivity index (χ4v) is 2.67. The van der Waals surface area contributed by atoms with E-state index in [9.17, 15) is 14.7 Å². The molecular formula is C18H23NO3. The van der Waals surface area contributed by atoms with Gasteiger partial charge < -0.3 is 10.4 Å². The van der Waals surface area contributed by atoms with Gasteiger partial charge in [-0.15, -0.1) is 0 Å². The second-order valence-electron chi connectivity index (χ2n) is 6.81. The van der Waals surface area contributed by atoms with Crippen LogP contribution in [0.2, 0.25) is 0 Å². The standard InChI is InChI=1S/C18H23NO3/c1-18(2,3)12-8-10-13(11-9-12)19-16(20)14-6-4-5-7-15(14)17(21)22/h4-5,8-11,14-15H,6-7H2,1-3H3,(H,19,20)(H,21,22). The van der Waals surface area contributed by atoms with Crippen LogP contribution in [0.3, 0.4) is 0 Å². The van der Waals surface area contributed by atoms with Crippen molar-refractivity contribution >= 4 is 17.6 Å². The van der Waals surface area contributed by atoms with Crippen LogP contribution in [-0.2, 0) is 15.0 Å². The van der Waals surface area contributed by atoms with Crippen LogP contribution >= 0.6 is 0 Å². The fraction of sp³-hybridized carbons (Fsp3) is 0.444. The van der Waals surface area contributed by atoms with E-state index in [4.69, 9.17) is 0 Å². The number of carbonyl (C=O) groups is 2. The van der Waals surface area contributed by atoms with Gasteiger partial charge >= 0.3 is 5.97 Å². The summed E-state index contributed by atoms with van der Waals surface area (Å²) in [6.07, 6.45) is 4.60. The van der Waals surface area contributed by atoms with Crippen LogP contribution in [0.4, 0.5) is 5.69 Å². The van der Waals surface area contributed by atoms with E-state index in [0.717, 1.165) is 0 Å². The summed E-state index contributed by atoms with van der Waals surface area (Å²) in [5.74, 6) is -2.28. The number of benzene rings is 1. The highest BCUT2D eigenvalue weighted by Crippen LogP contribution is 2.28. The number of anilines is 1. The predicted molar refractivity (Wildman–Crippen MR) is 86.8 cm³/mol. The molecule has 0 saturated heterocycles. The Hall–Kier alpha value is -2.10. The van der Waals surface area contributed by atoms with E-state index in [1.54, 1.807) is 0 Å². The van der Waals surface area contributed by atoms with Crippen molar-refractivity contribution in [1.29, 1.82) is 0 Å². The largest absolute Gasteiger partial charge is 0.481 e. The van der Waals surface area contributed by atoms with E-state index < -0.39 is 17.8 Å². The first kappa shape index (κ1) is 16.3. The van der Waals surface area contributed by atoms with E-state index in [1.165, 1.54) is 5.56 Å². The molecule has 1 aliphatic carbocycles. The smallest absolute Gasteiger partial charge is 0.307 e. The van der Waals surface area contributed by atoms with Gasteiger partial charge in [0.15, 0.2) is 0 Å². The minimum atomic E-state index is -0.910. The average Bonchev–Trinajstić information content (AvgIpc) is 2.46. The number of rotatable bonds is 3. The summed E-state index contributed by atoms with van der Waals surface area (Å²) in [6, 6.07) is 7.72. The highest BCUT2D eigenvalue weighted by Gasteiger charge is 2.33. The molecule has 0 radical (unpaired) electrons. The fourth-order valence-electron chi connectivity index (χ4n) is 2.67. The number of amides is 1. The van der Waals surface area contributed by atoms with Gasteiger partial charge in [-0.05, 0) is 36.0 Å². The lowest BCUT2D eigenvalue weighted by Gasteiger charge is -2.24.